The summed E-state index contributed by atoms with van der Waals surface area (Å²) in [5.74, 6) is 0.100. The van der Waals surface area contributed by atoms with Crippen molar-refractivity contribution in [2.24, 2.45) is 0 Å². The summed E-state index contributed by atoms with van der Waals surface area (Å²) >= 11 is 0. The van der Waals surface area contributed by atoms with Crippen molar-refractivity contribution in [2.75, 3.05) is 5.32 Å². The first-order chi connectivity index (χ1) is 9.34. The van der Waals surface area contributed by atoms with Gasteiger partial charge in [-0.1, -0.05) is 42.5 Å². The van der Waals surface area contributed by atoms with Gasteiger partial charge in [-0.05, 0) is 42.5 Å². The maximum absolute atomic E-state index is 12.4. The molecule has 1 N–H and O–H groups in total. The second-order valence-electron chi connectivity index (χ2n) is 5.00. The van der Waals surface area contributed by atoms with Crippen LogP contribution in [0.3, 0.4) is 0 Å². The van der Waals surface area contributed by atoms with Crippen molar-refractivity contribution >= 4 is 11.6 Å². The average molecular weight is 251 g/mol. The van der Waals surface area contributed by atoms with Crippen LogP contribution < -0.4 is 5.32 Å². The number of carbonyl (C=O) groups excluding carboxylic acids is 1. The Morgan fingerprint density at radius 1 is 1.00 bits per heavy atom. The van der Waals surface area contributed by atoms with Crippen molar-refractivity contribution in [3.63, 3.8) is 0 Å². The molecule has 0 saturated heterocycles. The molecule has 0 heterocycles. The summed E-state index contributed by atoms with van der Waals surface area (Å²) in [6.45, 7) is 0. The second-order valence-corrected chi connectivity index (χ2v) is 5.00. The number of hydrogen-bond donors (Lipinski definition) is 1. The maximum Gasteiger partial charge on any atom is 0.231 e. The number of nitrogens with one attached hydrogen (secondary N) is 1. The van der Waals surface area contributed by atoms with E-state index in [2.05, 4.69) is 23.5 Å². The molecule has 0 aromatic heterocycles. The molecule has 19 heavy (non-hydrogen) atoms. The Hall–Kier alpha value is -2.09. The van der Waals surface area contributed by atoms with Crippen molar-refractivity contribution in [2.45, 2.75) is 25.2 Å². The van der Waals surface area contributed by atoms with Gasteiger partial charge in [-0.25, -0.2) is 0 Å². The number of aryl methyl sites for hydroxylation is 1. The Labute approximate surface area is 113 Å². The minimum absolute atomic E-state index is 0.00911. The molecule has 0 radical (unpaired) electrons. The second kappa shape index (κ2) is 5.27. The van der Waals surface area contributed by atoms with Crippen molar-refractivity contribution in [1.29, 1.82) is 0 Å². The number of carbonyl (C=O) groups is 1. The van der Waals surface area contributed by atoms with Crippen LogP contribution in [0.15, 0.2) is 54.6 Å². The summed E-state index contributed by atoms with van der Waals surface area (Å²) in [6, 6.07) is 18.0. The monoisotopic (exact) mass is 251 g/mol. The number of hydrogen-bond acceptors (Lipinski definition) is 1. The minimum Gasteiger partial charge on any atom is -0.326 e. The maximum atomic E-state index is 12.4. The summed E-state index contributed by atoms with van der Waals surface area (Å²) in [6.07, 6.45) is 3.12. The van der Waals surface area contributed by atoms with Crippen LogP contribution in [-0.4, -0.2) is 5.91 Å². The van der Waals surface area contributed by atoms with E-state index >= 15 is 0 Å². The first-order valence-electron chi connectivity index (χ1n) is 6.78. The zero-order valence-corrected chi connectivity index (χ0v) is 10.8. The Kier molecular flexibility index (Phi) is 3.32. The van der Waals surface area contributed by atoms with E-state index in [1.165, 1.54) is 11.1 Å². The molecular weight excluding hydrogens is 234 g/mol. The van der Waals surface area contributed by atoms with Crippen LogP contribution in [0.2, 0.25) is 0 Å². The van der Waals surface area contributed by atoms with Gasteiger partial charge in [0.25, 0.3) is 0 Å². The minimum atomic E-state index is -0.00911. The molecule has 2 nitrogen and oxygen atoms in total. The van der Waals surface area contributed by atoms with Crippen LogP contribution >= 0.6 is 0 Å². The molecule has 2 aromatic carbocycles. The Balaban J connectivity index is 1.82. The van der Waals surface area contributed by atoms with Gasteiger partial charge in [0.05, 0.1) is 5.92 Å². The molecule has 0 unspecified atom stereocenters. The molecule has 1 aliphatic carbocycles. The van der Waals surface area contributed by atoms with E-state index in [-0.39, 0.29) is 11.8 Å². The molecular formula is C17H17NO. The Bertz CT molecular complexity index is 577. The number of benzene rings is 2. The van der Waals surface area contributed by atoms with Crippen LogP contribution in [0.5, 0.6) is 0 Å². The van der Waals surface area contributed by atoms with Crippen molar-refractivity contribution in [3.05, 3.63) is 65.7 Å². The first kappa shape index (κ1) is 12.0. The van der Waals surface area contributed by atoms with Crippen LogP contribution in [0.1, 0.15) is 29.9 Å². The standard InChI is InChI=1S/C17H17NO/c19-17(18-14-9-2-1-3-10-14)16-12-6-8-13-7-4-5-11-15(13)16/h1-5,7,9-11,16H,6,8,12H2,(H,18,19)/t16-/m0/s1. The van der Waals surface area contributed by atoms with Gasteiger partial charge in [0.15, 0.2) is 0 Å². The predicted octanol–water partition coefficient (Wildman–Crippen LogP) is 3.75. The lowest BCUT2D eigenvalue weighted by Gasteiger charge is -2.24. The van der Waals surface area contributed by atoms with E-state index in [4.69, 9.17) is 0 Å². The zero-order valence-electron chi connectivity index (χ0n) is 10.8. The number of rotatable bonds is 2. The van der Waals surface area contributed by atoms with Gasteiger partial charge in [-0.3, -0.25) is 4.79 Å². The van der Waals surface area contributed by atoms with Gasteiger partial charge in [0.2, 0.25) is 5.91 Å². The molecule has 0 saturated carbocycles. The smallest absolute Gasteiger partial charge is 0.231 e. The van der Waals surface area contributed by atoms with Crippen LogP contribution in [-0.2, 0) is 11.2 Å². The van der Waals surface area contributed by atoms with E-state index in [1.54, 1.807) is 0 Å². The highest BCUT2D eigenvalue weighted by Crippen LogP contribution is 2.32. The molecule has 0 bridgehead atoms. The third-order valence-corrected chi connectivity index (χ3v) is 3.73. The molecule has 96 valence electrons. The van der Waals surface area contributed by atoms with Crippen molar-refractivity contribution < 1.29 is 4.79 Å². The lowest BCUT2D eigenvalue weighted by molar-refractivity contribution is -0.117. The molecule has 0 spiro atoms. The lowest BCUT2D eigenvalue weighted by Crippen LogP contribution is -2.24. The summed E-state index contributed by atoms with van der Waals surface area (Å²) in [4.78, 5) is 12.4. The number of amides is 1. The number of para-hydroxylation sites is 1. The van der Waals surface area contributed by atoms with E-state index in [0.717, 1.165) is 24.9 Å². The number of fused-ring (bicyclic) bond motifs is 1. The summed E-state index contributed by atoms with van der Waals surface area (Å²) < 4.78 is 0. The van der Waals surface area contributed by atoms with E-state index < -0.39 is 0 Å². The third kappa shape index (κ3) is 2.53. The zero-order chi connectivity index (χ0) is 13.1. The lowest BCUT2D eigenvalue weighted by atomic mass is 9.82. The van der Waals surface area contributed by atoms with Crippen molar-refractivity contribution in [3.8, 4) is 0 Å². The molecule has 3 rings (SSSR count). The molecule has 0 aliphatic heterocycles. The summed E-state index contributed by atoms with van der Waals surface area (Å²) in [7, 11) is 0. The summed E-state index contributed by atoms with van der Waals surface area (Å²) in [5.41, 5.74) is 3.39. The Morgan fingerprint density at radius 3 is 2.58 bits per heavy atom. The predicted molar refractivity (Wildman–Crippen MR) is 77.2 cm³/mol. The van der Waals surface area contributed by atoms with Gasteiger partial charge in [0.1, 0.15) is 0 Å². The van der Waals surface area contributed by atoms with Gasteiger partial charge >= 0.3 is 0 Å². The fraction of sp³-hybridized carbons (Fsp3) is 0.235. The molecule has 1 atom stereocenters. The molecule has 2 heteroatoms. The fourth-order valence-corrected chi connectivity index (χ4v) is 2.78. The Morgan fingerprint density at radius 2 is 1.74 bits per heavy atom. The van der Waals surface area contributed by atoms with Crippen LogP contribution in [0, 0.1) is 0 Å². The van der Waals surface area contributed by atoms with Crippen LogP contribution in [0.25, 0.3) is 0 Å². The van der Waals surface area contributed by atoms with Gasteiger partial charge < -0.3 is 5.32 Å². The highest BCUT2D eigenvalue weighted by molar-refractivity contribution is 5.96. The topological polar surface area (TPSA) is 29.1 Å². The largest absolute Gasteiger partial charge is 0.326 e. The summed E-state index contributed by atoms with van der Waals surface area (Å²) in [5, 5.41) is 3.01. The quantitative estimate of drug-likeness (QED) is 0.865. The van der Waals surface area contributed by atoms with Gasteiger partial charge in [-0.2, -0.15) is 0 Å². The van der Waals surface area contributed by atoms with E-state index in [1.807, 2.05) is 36.4 Å². The average Bonchev–Trinajstić information content (AvgIpc) is 2.47. The highest BCUT2D eigenvalue weighted by atomic mass is 16.1. The number of anilines is 1. The highest BCUT2D eigenvalue weighted by Gasteiger charge is 2.25. The fourth-order valence-electron chi connectivity index (χ4n) is 2.78. The van der Waals surface area contributed by atoms with Gasteiger partial charge in [0, 0.05) is 5.69 Å². The van der Waals surface area contributed by atoms with Crippen molar-refractivity contribution in [1.82, 2.24) is 0 Å². The molecule has 0 fully saturated rings. The van der Waals surface area contributed by atoms with E-state index in [9.17, 15) is 4.79 Å². The van der Waals surface area contributed by atoms with Crippen LogP contribution in [0.4, 0.5) is 5.69 Å². The van der Waals surface area contributed by atoms with E-state index in [0.29, 0.717) is 0 Å². The SMILES string of the molecule is O=C(Nc1ccccc1)[C@H]1CCCc2ccccc21. The first-order valence-corrected chi connectivity index (χ1v) is 6.78. The molecule has 1 aliphatic rings. The van der Waals surface area contributed by atoms with Gasteiger partial charge in [-0.15, -0.1) is 0 Å². The molecule has 1 amide bonds. The normalized spacial score (nSPS) is 17.6. The third-order valence-electron chi connectivity index (χ3n) is 3.73. The molecule has 2 aromatic rings.